The summed E-state index contributed by atoms with van der Waals surface area (Å²) in [7, 11) is 0. The second-order valence-corrected chi connectivity index (χ2v) is 6.75. The summed E-state index contributed by atoms with van der Waals surface area (Å²) in [6.07, 6.45) is -1.62. The van der Waals surface area contributed by atoms with Crippen LogP contribution >= 0.6 is 27.7 Å². The van der Waals surface area contributed by atoms with Gasteiger partial charge in [0, 0.05) is 23.1 Å². The van der Waals surface area contributed by atoms with E-state index in [0.717, 1.165) is 10.2 Å². The molecule has 0 heterocycles. The number of carbonyl (C=O) groups excluding carboxylic acids is 1. The monoisotopic (exact) mass is 465 g/mol. The molecule has 1 atom stereocenters. The lowest BCUT2D eigenvalue weighted by Gasteiger charge is -2.12. The topological polar surface area (TPSA) is 150 Å². The Morgan fingerprint density at radius 3 is 2.15 bits per heavy atom. The summed E-state index contributed by atoms with van der Waals surface area (Å²) in [5.74, 6) is -2.95. The maximum atomic E-state index is 10.9. The van der Waals surface area contributed by atoms with Crippen LogP contribution in [-0.4, -0.2) is 58.2 Å². The first kappa shape index (κ1) is 24.7. The Morgan fingerprint density at radius 1 is 1.11 bits per heavy atom. The quantitative estimate of drug-likeness (QED) is 0.430. The van der Waals surface area contributed by atoms with Crippen LogP contribution in [-0.2, 0) is 24.9 Å². The molecule has 0 aliphatic carbocycles. The normalized spacial score (nSPS) is 10.7. The summed E-state index contributed by atoms with van der Waals surface area (Å²) in [6, 6.07) is 8.43. The molecule has 1 amide bonds. The number of halogens is 1. The van der Waals surface area contributed by atoms with E-state index in [1.54, 1.807) is 5.32 Å². The molecule has 0 radical (unpaired) electrons. The van der Waals surface area contributed by atoms with Gasteiger partial charge in [0.15, 0.2) is 0 Å². The molecule has 1 unspecified atom stereocenters. The van der Waals surface area contributed by atoms with Gasteiger partial charge < -0.3 is 25.4 Å². The summed E-state index contributed by atoms with van der Waals surface area (Å²) in [6.45, 7) is -0.718. The van der Waals surface area contributed by atoms with E-state index in [9.17, 15) is 19.2 Å². The van der Waals surface area contributed by atoms with E-state index in [-0.39, 0.29) is 0 Å². The number of alkyl carbamates (subject to hydrolysis) is 1. The van der Waals surface area contributed by atoms with E-state index in [1.165, 1.54) is 5.56 Å². The van der Waals surface area contributed by atoms with Crippen molar-refractivity contribution in [2.45, 2.75) is 24.7 Å². The largest absolute Gasteiger partial charge is 0.481 e. The van der Waals surface area contributed by atoms with E-state index in [1.807, 2.05) is 11.8 Å². The van der Waals surface area contributed by atoms with Crippen molar-refractivity contribution in [2.75, 3.05) is 12.8 Å². The van der Waals surface area contributed by atoms with E-state index in [0.29, 0.717) is 0 Å². The molecule has 1 aromatic carbocycles. The first-order valence-corrected chi connectivity index (χ1v) is 9.68. The van der Waals surface area contributed by atoms with Crippen molar-refractivity contribution in [2.24, 2.45) is 0 Å². The van der Waals surface area contributed by atoms with Gasteiger partial charge in [-0.2, -0.15) is 11.8 Å². The molecule has 11 heteroatoms. The number of benzene rings is 1. The van der Waals surface area contributed by atoms with E-state index in [4.69, 9.17) is 15.3 Å². The Kier molecular flexibility index (Phi) is 12.7. The molecule has 0 saturated heterocycles. The van der Waals surface area contributed by atoms with Gasteiger partial charge in [-0.05, 0) is 24.0 Å². The number of hydrogen-bond donors (Lipinski definition) is 4. The Hall–Kier alpha value is -2.27. The molecule has 9 nitrogen and oxygen atoms in total. The first-order valence-electron chi connectivity index (χ1n) is 7.50. The second-order valence-electron chi connectivity index (χ2n) is 4.97. The first-order chi connectivity index (χ1) is 12.6. The third-order valence-corrected chi connectivity index (χ3v) is 3.90. The molecular weight excluding hydrogens is 446 g/mol. The lowest BCUT2D eigenvalue weighted by Crippen LogP contribution is -2.36. The van der Waals surface area contributed by atoms with Crippen LogP contribution in [0.1, 0.15) is 18.4 Å². The molecule has 0 bridgehead atoms. The third-order valence-electron chi connectivity index (χ3n) is 2.75. The van der Waals surface area contributed by atoms with Gasteiger partial charge in [0.1, 0.15) is 6.54 Å². The molecule has 150 valence electrons. The summed E-state index contributed by atoms with van der Waals surface area (Å²) in [5.41, 5.74) is 1.38. The molecule has 0 aliphatic rings. The van der Waals surface area contributed by atoms with E-state index >= 15 is 0 Å². The van der Waals surface area contributed by atoms with Crippen molar-refractivity contribution in [1.29, 1.82) is 0 Å². The molecule has 1 rings (SSSR count). The van der Waals surface area contributed by atoms with Gasteiger partial charge >= 0.3 is 24.0 Å². The number of hydrogen-bond acceptors (Lipinski definition) is 6. The number of carboxylic acids is 3. The molecule has 27 heavy (non-hydrogen) atoms. The average Bonchev–Trinajstić information content (AvgIpc) is 2.59. The van der Waals surface area contributed by atoms with E-state index < -0.39 is 49.5 Å². The highest BCUT2D eigenvalue weighted by molar-refractivity contribution is 9.10. The maximum absolute atomic E-state index is 10.9. The van der Waals surface area contributed by atoms with Crippen LogP contribution in [0.3, 0.4) is 0 Å². The molecule has 1 aromatic rings. The fourth-order valence-electron chi connectivity index (χ4n) is 1.55. The minimum atomic E-state index is -1.63. The summed E-state index contributed by atoms with van der Waals surface area (Å²) >= 11 is 5.24. The molecule has 0 saturated carbocycles. The van der Waals surface area contributed by atoms with Gasteiger partial charge in [-0.25, -0.2) is 9.59 Å². The number of amides is 1. The van der Waals surface area contributed by atoms with Crippen LogP contribution < -0.4 is 5.32 Å². The number of nitrogens with one attached hydrogen (secondary N) is 1. The Balaban J connectivity index is 0.000000569. The number of rotatable bonds is 9. The van der Waals surface area contributed by atoms with Gasteiger partial charge in [0.25, 0.3) is 0 Å². The summed E-state index contributed by atoms with van der Waals surface area (Å²) in [5, 5.41) is 26.9. The predicted molar refractivity (Wildman–Crippen MR) is 102 cm³/mol. The van der Waals surface area contributed by atoms with Crippen LogP contribution in [0.4, 0.5) is 4.79 Å². The number of thioether (sulfide) groups is 1. The smallest absolute Gasteiger partial charge is 0.408 e. The van der Waals surface area contributed by atoms with Crippen molar-refractivity contribution in [3.8, 4) is 0 Å². The van der Waals surface area contributed by atoms with Crippen molar-refractivity contribution in [1.82, 2.24) is 5.32 Å². The van der Waals surface area contributed by atoms with Crippen molar-refractivity contribution in [3.63, 3.8) is 0 Å². The van der Waals surface area contributed by atoms with Gasteiger partial charge in [-0.3, -0.25) is 9.59 Å². The van der Waals surface area contributed by atoms with Crippen LogP contribution in [0.25, 0.3) is 0 Å². The number of carbonyl (C=O) groups is 4. The highest BCUT2D eigenvalue weighted by atomic mass is 79.9. The number of aliphatic carboxylic acids is 3. The summed E-state index contributed by atoms with van der Waals surface area (Å²) < 4.78 is 5.49. The third kappa shape index (κ3) is 13.6. The van der Waals surface area contributed by atoms with Crippen molar-refractivity contribution in [3.05, 3.63) is 34.3 Å². The van der Waals surface area contributed by atoms with E-state index in [2.05, 4.69) is 51.2 Å². The minimum absolute atomic E-state index is 0.398. The SMILES string of the molecule is CSCc1ccc(Br)cc1.O=C(O)CCC(OC(=O)NCC(=O)O)C(=O)O. The standard InChI is InChI=1S/C8H9BrS.C8H11NO8/c1-10-6-7-2-4-8(9)5-3-7;10-5(11)2-1-4(7(14)15)17-8(16)9-3-6(12)13/h2-5H,6H2,1H3;4H,1-3H2,(H,9,16)(H,10,11)(H,12,13)(H,14,15). The van der Waals surface area contributed by atoms with Crippen LogP contribution in [0, 0.1) is 0 Å². The zero-order valence-electron chi connectivity index (χ0n) is 14.4. The van der Waals surface area contributed by atoms with Gasteiger partial charge in [-0.1, -0.05) is 28.1 Å². The van der Waals surface area contributed by atoms with Crippen LogP contribution in [0.5, 0.6) is 0 Å². The lowest BCUT2D eigenvalue weighted by atomic mass is 10.2. The fourth-order valence-corrected chi connectivity index (χ4v) is 2.34. The zero-order valence-corrected chi connectivity index (χ0v) is 16.8. The highest BCUT2D eigenvalue weighted by Crippen LogP contribution is 2.13. The van der Waals surface area contributed by atoms with Gasteiger partial charge in [0.2, 0.25) is 6.10 Å². The van der Waals surface area contributed by atoms with Gasteiger partial charge in [0.05, 0.1) is 0 Å². The Labute approximate surface area is 168 Å². The number of ether oxygens (including phenoxy) is 1. The number of carboxylic acid groups (broad SMARTS) is 3. The lowest BCUT2D eigenvalue weighted by molar-refractivity contribution is -0.148. The Morgan fingerprint density at radius 2 is 1.70 bits per heavy atom. The Bertz CT molecular complexity index is 638. The molecule has 0 aromatic heterocycles. The molecule has 0 fully saturated rings. The minimum Gasteiger partial charge on any atom is -0.481 e. The molecule has 0 aliphatic heterocycles. The zero-order chi connectivity index (χ0) is 20.8. The average molecular weight is 466 g/mol. The maximum Gasteiger partial charge on any atom is 0.408 e. The predicted octanol–water partition coefficient (Wildman–Crippen LogP) is 2.43. The van der Waals surface area contributed by atoms with Crippen molar-refractivity contribution < 1.29 is 39.2 Å². The molecular formula is C16H20BrNO8S. The molecule has 0 spiro atoms. The summed E-state index contributed by atoms with van der Waals surface area (Å²) in [4.78, 5) is 41.7. The van der Waals surface area contributed by atoms with Crippen LogP contribution in [0.2, 0.25) is 0 Å². The van der Waals surface area contributed by atoms with Gasteiger partial charge in [-0.15, -0.1) is 0 Å². The van der Waals surface area contributed by atoms with Crippen LogP contribution in [0.15, 0.2) is 28.7 Å². The molecule has 4 N–H and O–H groups in total. The van der Waals surface area contributed by atoms with Crippen molar-refractivity contribution >= 4 is 51.7 Å². The fraction of sp³-hybridized carbons (Fsp3) is 0.375. The highest BCUT2D eigenvalue weighted by Gasteiger charge is 2.23. The second kappa shape index (κ2) is 13.9.